The van der Waals surface area contributed by atoms with Crippen LogP contribution in [-0.2, 0) is 0 Å². The van der Waals surface area contributed by atoms with Crippen LogP contribution in [0.2, 0.25) is 0 Å². The van der Waals surface area contributed by atoms with Crippen LogP contribution in [0.4, 0.5) is 5.69 Å². The fourth-order valence-corrected chi connectivity index (χ4v) is 1.99. The van der Waals surface area contributed by atoms with Gasteiger partial charge in [0, 0.05) is 24.8 Å². The van der Waals surface area contributed by atoms with E-state index in [1.54, 1.807) is 0 Å². The van der Waals surface area contributed by atoms with E-state index in [1.807, 2.05) is 6.07 Å². The van der Waals surface area contributed by atoms with E-state index in [0.717, 1.165) is 26.1 Å². The summed E-state index contributed by atoms with van der Waals surface area (Å²) in [6.07, 6.45) is 1.13. The molecule has 0 aliphatic carbocycles. The summed E-state index contributed by atoms with van der Waals surface area (Å²) < 4.78 is 0. The van der Waals surface area contributed by atoms with E-state index in [-0.39, 0.29) is 12.6 Å². The lowest BCUT2D eigenvalue weighted by Gasteiger charge is -2.25. The summed E-state index contributed by atoms with van der Waals surface area (Å²) in [5.41, 5.74) is 1.25. The van der Waals surface area contributed by atoms with Crippen molar-refractivity contribution in [3.8, 4) is 0 Å². The monoisotopic (exact) mass is 206 g/mol. The molecular formula is C12H18N2O. The number of hydrogen-bond donors (Lipinski definition) is 2. The predicted octanol–water partition coefficient (Wildman–Crippen LogP) is 0.847. The van der Waals surface area contributed by atoms with Gasteiger partial charge in [-0.05, 0) is 25.1 Å². The molecule has 0 amide bonds. The standard InChI is InChI=1S/C12H18N2O/c15-10-11-9-14(8-4-7-13-11)12-5-2-1-3-6-12/h1-3,5-6,11,13,15H,4,7-10H2. The molecule has 0 bridgehead atoms. The van der Waals surface area contributed by atoms with Crippen LogP contribution in [0.3, 0.4) is 0 Å². The quantitative estimate of drug-likeness (QED) is 0.753. The third-order valence-corrected chi connectivity index (χ3v) is 2.82. The molecule has 1 heterocycles. The molecule has 2 rings (SSSR count). The van der Waals surface area contributed by atoms with Crippen molar-refractivity contribution in [1.82, 2.24) is 5.32 Å². The summed E-state index contributed by atoms with van der Waals surface area (Å²) in [5, 5.41) is 12.5. The summed E-state index contributed by atoms with van der Waals surface area (Å²) >= 11 is 0. The average molecular weight is 206 g/mol. The van der Waals surface area contributed by atoms with Crippen LogP contribution < -0.4 is 10.2 Å². The van der Waals surface area contributed by atoms with Gasteiger partial charge in [0.15, 0.2) is 0 Å². The Bertz CT molecular complexity index is 289. The average Bonchev–Trinajstić information content (AvgIpc) is 2.55. The summed E-state index contributed by atoms with van der Waals surface area (Å²) in [6.45, 7) is 3.16. The van der Waals surface area contributed by atoms with E-state index < -0.39 is 0 Å². The largest absolute Gasteiger partial charge is 0.395 e. The minimum atomic E-state index is 0.202. The molecule has 1 saturated heterocycles. The van der Waals surface area contributed by atoms with Crippen molar-refractivity contribution < 1.29 is 5.11 Å². The number of anilines is 1. The highest BCUT2D eigenvalue weighted by atomic mass is 16.3. The third-order valence-electron chi connectivity index (χ3n) is 2.82. The molecule has 2 N–H and O–H groups in total. The van der Waals surface area contributed by atoms with Crippen LogP contribution in [0.15, 0.2) is 30.3 Å². The van der Waals surface area contributed by atoms with Crippen LogP contribution in [-0.4, -0.2) is 37.4 Å². The van der Waals surface area contributed by atoms with Crippen LogP contribution in [0.1, 0.15) is 6.42 Å². The van der Waals surface area contributed by atoms with E-state index in [1.165, 1.54) is 5.69 Å². The summed E-state index contributed by atoms with van der Waals surface area (Å²) in [7, 11) is 0. The first kappa shape index (κ1) is 10.5. The molecule has 1 unspecified atom stereocenters. The van der Waals surface area contributed by atoms with Crippen molar-refractivity contribution in [2.45, 2.75) is 12.5 Å². The normalized spacial score (nSPS) is 22.5. The molecule has 0 saturated carbocycles. The Morgan fingerprint density at radius 3 is 2.87 bits per heavy atom. The topological polar surface area (TPSA) is 35.5 Å². The van der Waals surface area contributed by atoms with Gasteiger partial charge >= 0.3 is 0 Å². The van der Waals surface area contributed by atoms with Gasteiger partial charge in [-0.1, -0.05) is 18.2 Å². The predicted molar refractivity (Wildman–Crippen MR) is 62.1 cm³/mol. The molecule has 1 aliphatic rings. The molecule has 3 nitrogen and oxygen atoms in total. The van der Waals surface area contributed by atoms with Gasteiger partial charge in [0.1, 0.15) is 0 Å². The maximum atomic E-state index is 9.19. The Labute approximate surface area is 90.7 Å². The Kier molecular flexibility index (Phi) is 3.59. The first-order valence-corrected chi connectivity index (χ1v) is 5.54. The zero-order chi connectivity index (χ0) is 10.5. The maximum absolute atomic E-state index is 9.19. The van der Waals surface area contributed by atoms with E-state index in [2.05, 4.69) is 34.5 Å². The molecule has 0 aromatic heterocycles. The molecule has 15 heavy (non-hydrogen) atoms. The number of aliphatic hydroxyl groups is 1. The van der Waals surface area contributed by atoms with Crippen molar-refractivity contribution in [2.24, 2.45) is 0 Å². The van der Waals surface area contributed by atoms with Gasteiger partial charge in [0.05, 0.1) is 6.61 Å². The molecule has 3 heteroatoms. The highest BCUT2D eigenvalue weighted by molar-refractivity contribution is 5.46. The van der Waals surface area contributed by atoms with Gasteiger partial charge < -0.3 is 15.3 Å². The van der Waals surface area contributed by atoms with Crippen LogP contribution in [0.25, 0.3) is 0 Å². The number of aliphatic hydroxyl groups excluding tert-OH is 1. The SMILES string of the molecule is OCC1CN(c2ccccc2)CCCN1. The highest BCUT2D eigenvalue weighted by Gasteiger charge is 2.16. The number of nitrogens with zero attached hydrogens (tertiary/aromatic N) is 1. The minimum Gasteiger partial charge on any atom is -0.395 e. The van der Waals surface area contributed by atoms with E-state index in [9.17, 15) is 5.11 Å². The Morgan fingerprint density at radius 1 is 1.33 bits per heavy atom. The molecule has 0 radical (unpaired) electrons. The van der Waals surface area contributed by atoms with E-state index in [0.29, 0.717) is 0 Å². The molecule has 82 valence electrons. The number of rotatable bonds is 2. The molecular weight excluding hydrogens is 188 g/mol. The van der Waals surface area contributed by atoms with E-state index in [4.69, 9.17) is 0 Å². The summed E-state index contributed by atoms with van der Waals surface area (Å²) in [4.78, 5) is 2.33. The summed E-state index contributed by atoms with van der Waals surface area (Å²) in [6, 6.07) is 10.6. The van der Waals surface area contributed by atoms with Crippen molar-refractivity contribution in [1.29, 1.82) is 0 Å². The van der Waals surface area contributed by atoms with Crippen LogP contribution >= 0.6 is 0 Å². The zero-order valence-corrected chi connectivity index (χ0v) is 8.89. The molecule has 1 aliphatic heterocycles. The van der Waals surface area contributed by atoms with Gasteiger partial charge in [-0.2, -0.15) is 0 Å². The second-order valence-electron chi connectivity index (χ2n) is 3.97. The first-order valence-electron chi connectivity index (χ1n) is 5.54. The van der Waals surface area contributed by atoms with Gasteiger partial charge in [0.2, 0.25) is 0 Å². The van der Waals surface area contributed by atoms with Gasteiger partial charge in [-0.3, -0.25) is 0 Å². The molecule has 0 spiro atoms. The fourth-order valence-electron chi connectivity index (χ4n) is 1.99. The first-order chi connectivity index (χ1) is 7.40. The second-order valence-corrected chi connectivity index (χ2v) is 3.97. The molecule has 1 atom stereocenters. The number of nitrogens with one attached hydrogen (secondary N) is 1. The number of para-hydroxylation sites is 1. The Balaban J connectivity index is 2.07. The zero-order valence-electron chi connectivity index (χ0n) is 8.89. The lowest BCUT2D eigenvalue weighted by atomic mass is 10.2. The van der Waals surface area contributed by atoms with Crippen molar-refractivity contribution >= 4 is 5.69 Å². The van der Waals surface area contributed by atoms with Crippen molar-refractivity contribution in [3.05, 3.63) is 30.3 Å². The van der Waals surface area contributed by atoms with Gasteiger partial charge in [-0.15, -0.1) is 0 Å². The molecule has 1 fully saturated rings. The highest BCUT2D eigenvalue weighted by Crippen LogP contribution is 2.15. The maximum Gasteiger partial charge on any atom is 0.0601 e. The molecule has 1 aromatic rings. The lowest BCUT2D eigenvalue weighted by molar-refractivity contribution is 0.248. The Morgan fingerprint density at radius 2 is 2.13 bits per heavy atom. The van der Waals surface area contributed by atoms with Crippen LogP contribution in [0.5, 0.6) is 0 Å². The number of benzene rings is 1. The van der Waals surface area contributed by atoms with Crippen molar-refractivity contribution in [3.63, 3.8) is 0 Å². The van der Waals surface area contributed by atoms with Gasteiger partial charge in [0.25, 0.3) is 0 Å². The van der Waals surface area contributed by atoms with E-state index >= 15 is 0 Å². The minimum absolute atomic E-state index is 0.202. The number of hydrogen-bond acceptors (Lipinski definition) is 3. The van der Waals surface area contributed by atoms with Gasteiger partial charge in [-0.25, -0.2) is 0 Å². The smallest absolute Gasteiger partial charge is 0.0601 e. The lowest BCUT2D eigenvalue weighted by Crippen LogP contribution is -2.40. The van der Waals surface area contributed by atoms with Crippen molar-refractivity contribution in [2.75, 3.05) is 31.1 Å². The Hall–Kier alpha value is -1.06. The molecule has 1 aromatic carbocycles. The third kappa shape index (κ3) is 2.70. The van der Waals surface area contributed by atoms with Crippen LogP contribution in [0, 0.1) is 0 Å². The summed E-state index contributed by atoms with van der Waals surface area (Å²) in [5.74, 6) is 0. The fraction of sp³-hybridized carbons (Fsp3) is 0.500. The second kappa shape index (κ2) is 5.14.